The van der Waals surface area contributed by atoms with Crippen molar-refractivity contribution in [2.45, 2.75) is 38.3 Å². The van der Waals surface area contributed by atoms with Crippen molar-refractivity contribution in [3.8, 4) is 0 Å². The SMILES string of the molecule is CC(C)(C)OC(=O)C(N)c1ccc(CCl)cc1. The molecule has 0 saturated heterocycles. The molecule has 94 valence electrons. The van der Waals surface area contributed by atoms with Crippen LogP contribution < -0.4 is 5.73 Å². The smallest absolute Gasteiger partial charge is 0.328 e. The number of halogens is 1. The standard InChI is InChI=1S/C13H18ClNO2/c1-13(2,3)17-12(16)11(15)10-6-4-9(8-14)5-7-10/h4-7,11H,8,15H2,1-3H3. The molecule has 0 amide bonds. The summed E-state index contributed by atoms with van der Waals surface area (Å²) in [5, 5.41) is 0. The summed E-state index contributed by atoms with van der Waals surface area (Å²) in [5.41, 5.74) is 7.03. The maximum Gasteiger partial charge on any atom is 0.328 e. The topological polar surface area (TPSA) is 52.3 Å². The largest absolute Gasteiger partial charge is 0.459 e. The lowest BCUT2D eigenvalue weighted by Gasteiger charge is -2.22. The lowest BCUT2D eigenvalue weighted by atomic mass is 10.1. The molecule has 17 heavy (non-hydrogen) atoms. The van der Waals surface area contributed by atoms with E-state index < -0.39 is 17.6 Å². The Morgan fingerprint density at radius 3 is 2.29 bits per heavy atom. The van der Waals surface area contributed by atoms with Crippen LogP contribution in [-0.4, -0.2) is 11.6 Å². The van der Waals surface area contributed by atoms with E-state index in [-0.39, 0.29) is 0 Å². The summed E-state index contributed by atoms with van der Waals surface area (Å²) in [7, 11) is 0. The summed E-state index contributed by atoms with van der Waals surface area (Å²) in [5.74, 6) is 0.0261. The van der Waals surface area contributed by atoms with Gasteiger partial charge in [0.1, 0.15) is 11.6 Å². The zero-order valence-electron chi connectivity index (χ0n) is 10.4. The van der Waals surface area contributed by atoms with Crippen molar-refractivity contribution in [1.82, 2.24) is 0 Å². The number of hydrogen-bond donors (Lipinski definition) is 1. The van der Waals surface area contributed by atoms with Crippen LogP contribution in [0.1, 0.15) is 37.9 Å². The maximum atomic E-state index is 11.7. The highest BCUT2D eigenvalue weighted by Crippen LogP contribution is 2.17. The quantitative estimate of drug-likeness (QED) is 0.668. The average Bonchev–Trinajstić information content (AvgIpc) is 2.26. The van der Waals surface area contributed by atoms with E-state index in [1.807, 2.05) is 32.9 Å². The van der Waals surface area contributed by atoms with E-state index in [2.05, 4.69) is 0 Å². The first-order chi connectivity index (χ1) is 7.83. The van der Waals surface area contributed by atoms with Crippen LogP contribution in [0, 0.1) is 0 Å². The monoisotopic (exact) mass is 255 g/mol. The van der Waals surface area contributed by atoms with Gasteiger partial charge in [-0.2, -0.15) is 0 Å². The van der Waals surface area contributed by atoms with Gasteiger partial charge in [0.05, 0.1) is 0 Å². The Bertz CT molecular complexity index is 381. The molecule has 4 heteroatoms. The zero-order valence-corrected chi connectivity index (χ0v) is 11.1. The van der Waals surface area contributed by atoms with Crippen molar-refractivity contribution in [2.24, 2.45) is 5.73 Å². The molecule has 3 nitrogen and oxygen atoms in total. The molecule has 0 aromatic heterocycles. The highest BCUT2D eigenvalue weighted by Gasteiger charge is 2.23. The second kappa shape index (κ2) is 5.52. The third kappa shape index (κ3) is 4.36. The Morgan fingerprint density at radius 2 is 1.88 bits per heavy atom. The fourth-order valence-electron chi connectivity index (χ4n) is 1.32. The van der Waals surface area contributed by atoms with E-state index >= 15 is 0 Å². The predicted molar refractivity (Wildman–Crippen MR) is 68.8 cm³/mol. The summed E-state index contributed by atoms with van der Waals surface area (Å²) in [6.07, 6.45) is 0. The average molecular weight is 256 g/mol. The molecule has 0 heterocycles. The van der Waals surface area contributed by atoms with Gasteiger partial charge in [-0.05, 0) is 31.9 Å². The Kier molecular flexibility index (Phi) is 4.54. The molecular weight excluding hydrogens is 238 g/mol. The highest BCUT2D eigenvalue weighted by atomic mass is 35.5. The Labute approximate surface area is 107 Å². The normalized spacial score (nSPS) is 13.2. The molecule has 1 aromatic carbocycles. The first-order valence-electron chi connectivity index (χ1n) is 5.47. The summed E-state index contributed by atoms with van der Waals surface area (Å²) in [4.78, 5) is 11.7. The molecule has 1 unspecified atom stereocenters. The van der Waals surface area contributed by atoms with Gasteiger partial charge in [-0.25, -0.2) is 4.79 Å². The number of benzene rings is 1. The molecule has 0 fully saturated rings. The molecule has 0 bridgehead atoms. The molecule has 1 rings (SSSR count). The summed E-state index contributed by atoms with van der Waals surface area (Å²) >= 11 is 5.69. The van der Waals surface area contributed by atoms with Crippen molar-refractivity contribution < 1.29 is 9.53 Å². The fraction of sp³-hybridized carbons (Fsp3) is 0.462. The number of esters is 1. The number of alkyl halides is 1. The summed E-state index contributed by atoms with van der Waals surface area (Å²) in [6, 6.07) is 6.55. The molecule has 0 spiro atoms. The van der Waals surface area contributed by atoms with Gasteiger partial charge in [0, 0.05) is 5.88 Å². The number of carbonyl (C=O) groups excluding carboxylic acids is 1. The van der Waals surface area contributed by atoms with Gasteiger partial charge < -0.3 is 10.5 Å². The predicted octanol–water partition coefficient (Wildman–Crippen LogP) is 2.77. The second-order valence-electron chi connectivity index (χ2n) is 4.89. The first-order valence-corrected chi connectivity index (χ1v) is 6.00. The molecule has 0 aliphatic rings. The third-order valence-corrected chi connectivity index (χ3v) is 2.46. The number of rotatable bonds is 3. The number of ether oxygens (including phenoxy) is 1. The number of carbonyl (C=O) groups is 1. The van der Waals surface area contributed by atoms with Crippen molar-refractivity contribution in [1.29, 1.82) is 0 Å². The molecule has 1 aromatic rings. The number of hydrogen-bond acceptors (Lipinski definition) is 3. The van der Waals surface area contributed by atoms with Crippen LogP contribution >= 0.6 is 11.6 Å². The molecule has 0 saturated carbocycles. The first kappa shape index (κ1) is 14.0. The van der Waals surface area contributed by atoms with Gasteiger partial charge in [0.15, 0.2) is 0 Å². The van der Waals surface area contributed by atoms with E-state index in [4.69, 9.17) is 22.1 Å². The summed E-state index contributed by atoms with van der Waals surface area (Å²) in [6.45, 7) is 5.44. The Hall–Kier alpha value is -1.06. The van der Waals surface area contributed by atoms with Crippen LogP contribution in [0.5, 0.6) is 0 Å². The molecule has 0 aliphatic carbocycles. The number of nitrogens with two attached hydrogens (primary N) is 1. The van der Waals surface area contributed by atoms with E-state index in [0.717, 1.165) is 11.1 Å². The van der Waals surface area contributed by atoms with Crippen molar-refractivity contribution >= 4 is 17.6 Å². The molecular formula is C13H18ClNO2. The van der Waals surface area contributed by atoms with Crippen molar-refractivity contribution in [3.63, 3.8) is 0 Å². The molecule has 0 aliphatic heterocycles. The van der Waals surface area contributed by atoms with Crippen LogP contribution in [0.4, 0.5) is 0 Å². The molecule has 1 atom stereocenters. The third-order valence-electron chi connectivity index (χ3n) is 2.15. The van der Waals surface area contributed by atoms with Gasteiger partial charge in [-0.1, -0.05) is 24.3 Å². The van der Waals surface area contributed by atoms with Gasteiger partial charge >= 0.3 is 5.97 Å². The van der Waals surface area contributed by atoms with E-state index in [1.54, 1.807) is 12.1 Å². The van der Waals surface area contributed by atoms with Crippen LogP contribution in [0.2, 0.25) is 0 Å². The van der Waals surface area contributed by atoms with Crippen LogP contribution in [0.15, 0.2) is 24.3 Å². The maximum absolute atomic E-state index is 11.7. The van der Waals surface area contributed by atoms with E-state index in [9.17, 15) is 4.79 Å². The van der Waals surface area contributed by atoms with Crippen LogP contribution in [0.25, 0.3) is 0 Å². The lowest BCUT2D eigenvalue weighted by molar-refractivity contribution is -0.156. The Morgan fingerprint density at radius 1 is 1.35 bits per heavy atom. The van der Waals surface area contributed by atoms with Crippen molar-refractivity contribution in [3.05, 3.63) is 35.4 Å². The van der Waals surface area contributed by atoms with E-state index in [1.165, 1.54) is 0 Å². The van der Waals surface area contributed by atoms with Gasteiger partial charge in [-0.15, -0.1) is 11.6 Å². The van der Waals surface area contributed by atoms with E-state index in [0.29, 0.717) is 5.88 Å². The zero-order chi connectivity index (χ0) is 13.1. The minimum atomic E-state index is -0.751. The fourth-order valence-corrected chi connectivity index (χ4v) is 1.49. The van der Waals surface area contributed by atoms with Gasteiger partial charge in [0.2, 0.25) is 0 Å². The second-order valence-corrected chi connectivity index (χ2v) is 5.15. The lowest BCUT2D eigenvalue weighted by Crippen LogP contribution is -2.31. The van der Waals surface area contributed by atoms with Crippen LogP contribution in [-0.2, 0) is 15.4 Å². The van der Waals surface area contributed by atoms with Crippen molar-refractivity contribution in [2.75, 3.05) is 0 Å². The van der Waals surface area contributed by atoms with Gasteiger partial charge in [-0.3, -0.25) is 0 Å². The van der Waals surface area contributed by atoms with Crippen LogP contribution in [0.3, 0.4) is 0 Å². The molecule has 2 N–H and O–H groups in total. The summed E-state index contributed by atoms with van der Waals surface area (Å²) < 4.78 is 5.22. The minimum Gasteiger partial charge on any atom is -0.459 e. The van der Waals surface area contributed by atoms with Gasteiger partial charge in [0.25, 0.3) is 0 Å². The minimum absolute atomic E-state index is 0.420. The molecule has 0 radical (unpaired) electrons. The highest BCUT2D eigenvalue weighted by molar-refractivity contribution is 6.17. The Balaban J connectivity index is 2.74.